The van der Waals surface area contributed by atoms with E-state index in [9.17, 15) is 61.1 Å². The van der Waals surface area contributed by atoms with Crippen molar-refractivity contribution in [3.8, 4) is 22.6 Å². The van der Waals surface area contributed by atoms with E-state index in [1.807, 2.05) is 0 Å². The lowest BCUT2D eigenvalue weighted by Crippen LogP contribution is -2.51. The number of aliphatic hydroxyl groups excluding tert-OH is 1. The number of benzene rings is 7. The molecule has 0 aliphatic rings. The van der Waals surface area contributed by atoms with Crippen LogP contribution in [0.25, 0.3) is 11.1 Å². The highest BCUT2D eigenvalue weighted by Gasteiger charge is 2.34. The van der Waals surface area contributed by atoms with Crippen LogP contribution in [-0.2, 0) is 67.9 Å². The maximum absolute atomic E-state index is 14.9. The molecule has 0 aliphatic carbocycles. The zero-order valence-electron chi connectivity index (χ0n) is 43.2. The van der Waals surface area contributed by atoms with Gasteiger partial charge in [0.15, 0.2) is 0 Å². The largest absolute Gasteiger partial charge is 0.489 e. The fraction of sp³-hybridized carbons (Fsp3) is 0.203. The molecule has 0 aromatic heterocycles. The van der Waals surface area contributed by atoms with E-state index >= 15 is 0 Å². The number of nitrogens with two attached hydrogens (primary N) is 1. The fourth-order valence-corrected chi connectivity index (χ4v) is 8.05. The smallest absolute Gasteiger partial charge is 0.408 e. The van der Waals surface area contributed by atoms with Crippen LogP contribution < -0.4 is 31.2 Å². The standard InChI is InChI=1S/C59H52F5N5O13/c60-49-50(61)52(63)54(53(64)51(49)62)82-57(73)46(68-59(75)81-34-38-19-11-4-12-20-38)28-42-26-40(22-24-48(42)78-31-35-13-5-1-6-14-35)39-21-23-47(69(76)77)41(25-39)27-45(56(72)79-32-36-15-7-2-8-16-36)67-55(71)44(65)29-43(70)30-66-58(74)80-33-37-17-9-3-10-18-37/h1-26,43-46,70H,27-34,65H2,(H,66,74)(H,67,71)(H,68,75)/t43-,44+,45+,46+/m1/s1. The summed E-state index contributed by atoms with van der Waals surface area (Å²) in [5.41, 5.74) is 8.47. The Hall–Kier alpha value is -9.74. The summed E-state index contributed by atoms with van der Waals surface area (Å²) >= 11 is 0. The molecule has 0 unspecified atom stereocenters. The number of carbonyl (C=O) groups is 5. The number of amides is 3. The first-order valence-corrected chi connectivity index (χ1v) is 25.1. The lowest BCUT2D eigenvalue weighted by molar-refractivity contribution is -0.385. The van der Waals surface area contributed by atoms with Gasteiger partial charge in [-0.1, -0.05) is 127 Å². The molecule has 23 heteroatoms. The molecule has 6 N–H and O–H groups in total. The lowest BCUT2D eigenvalue weighted by Gasteiger charge is -2.22. The van der Waals surface area contributed by atoms with Gasteiger partial charge in [0, 0.05) is 31.0 Å². The van der Waals surface area contributed by atoms with E-state index in [1.165, 1.54) is 30.3 Å². The summed E-state index contributed by atoms with van der Waals surface area (Å²) < 4.78 is 99.5. The van der Waals surface area contributed by atoms with Gasteiger partial charge in [0.1, 0.15) is 44.3 Å². The van der Waals surface area contributed by atoms with Gasteiger partial charge >= 0.3 is 24.1 Å². The van der Waals surface area contributed by atoms with Crippen LogP contribution >= 0.6 is 0 Å². The van der Waals surface area contributed by atoms with Crippen molar-refractivity contribution in [1.29, 1.82) is 0 Å². The van der Waals surface area contributed by atoms with E-state index in [2.05, 4.69) is 16.0 Å². The van der Waals surface area contributed by atoms with Crippen molar-refractivity contribution in [2.45, 2.75) is 69.9 Å². The number of nitrogens with one attached hydrogen (secondary N) is 3. The molecular weight excluding hydrogens is 1080 g/mol. The maximum Gasteiger partial charge on any atom is 0.408 e. The molecule has 7 aromatic rings. The first-order valence-electron chi connectivity index (χ1n) is 25.1. The van der Waals surface area contributed by atoms with Crippen LogP contribution in [0.2, 0.25) is 0 Å². The number of nitro groups is 1. The van der Waals surface area contributed by atoms with Crippen LogP contribution in [0, 0.1) is 39.2 Å². The van der Waals surface area contributed by atoms with Crippen LogP contribution in [0.15, 0.2) is 158 Å². The van der Waals surface area contributed by atoms with Crippen LogP contribution in [0.1, 0.15) is 39.8 Å². The average molecular weight is 1130 g/mol. The second-order valence-corrected chi connectivity index (χ2v) is 18.3. The molecule has 0 fully saturated rings. The molecule has 18 nitrogen and oxygen atoms in total. The molecule has 0 spiro atoms. The molecule has 3 amide bonds. The SMILES string of the molecule is N[C@@H](C[C@@H](O)CNC(=O)OCc1ccccc1)C(=O)N[C@@H](Cc1cc(-c2ccc(OCc3ccccc3)c(C[C@H](NC(=O)OCc3ccccc3)C(=O)Oc3c(F)c(F)c(F)c(F)c3F)c2)ccc1[N+](=O)[O-])C(=O)OCc1ccccc1. The fourth-order valence-electron chi connectivity index (χ4n) is 8.05. The van der Waals surface area contributed by atoms with Gasteiger partial charge in [0.2, 0.25) is 40.7 Å². The molecular formula is C59H52F5N5O13. The van der Waals surface area contributed by atoms with Gasteiger partial charge in [-0.15, -0.1) is 0 Å². The van der Waals surface area contributed by atoms with Gasteiger partial charge in [-0.2, -0.15) is 8.78 Å². The van der Waals surface area contributed by atoms with Crippen LogP contribution in [0.4, 0.5) is 37.2 Å². The highest BCUT2D eigenvalue weighted by Crippen LogP contribution is 2.34. The van der Waals surface area contributed by atoms with Crippen LogP contribution in [0.3, 0.4) is 0 Å². The third-order valence-electron chi connectivity index (χ3n) is 12.3. The van der Waals surface area contributed by atoms with Crippen molar-refractivity contribution < 1.29 is 79.6 Å². The Morgan fingerprint density at radius 3 is 1.54 bits per heavy atom. The van der Waals surface area contributed by atoms with Crippen LogP contribution in [-0.4, -0.2) is 70.8 Å². The zero-order valence-corrected chi connectivity index (χ0v) is 43.2. The predicted molar refractivity (Wildman–Crippen MR) is 284 cm³/mol. The first-order chi connectivity index (χ1) is 39.4. The Balaban J connectivity index is 1.18. The minimum Gasteiger partial charge on any atom is -0.489 e. The molecule has 7 rings (SSSR count). The molecule has 0 radical (unpaired) electrons. The van der Waals surface area contributed by atoms with Gasteiger partial charge in [-0.05, 0) is 69.6 Å². The van der Waals surface area contributed by atoms with Crippen LogP contribution in [0.5, 0.6) is 11.5 Å². The van der Waals surface area contributed by atoms with Crippen molar-refractivity contribution >= 4 is 35.7 Å². The lowest BCUT2D eigenvalue weighted by atomic mass is 9.95. The maximum atomic E-state index is 14.9. The molecule has 0 aliphatic heterocycles. The number of nitro benzene ring substituents is 1. The number of halogens is 5. The number of ether oxygens (including phenoxy) is 5. The Labute approximate surface area is 465 Å². The second-order valence-electron chi connectivity index (χ2n) is 18.3. The van der Waals surface area contributed by atoms with Gasteiger partial charge in [0.25, 0.3) is 5.69 Å². The van der Waals surface area contributed by atoms with E-state index in [0.29, 0.717) is 22.3 Å². The Morgan fingerprint density at radius 1 is 0.549 bits per heavy atom. The van der Waals surface area contributed by atoms with Crippen molar-refractivity contribution in [3.63, 3.8) is 0 Å². The number of hydrogen-bond acceptors (Lipinski definition) is 14. The molecule has 4 atom stereocenters. The van der Waals surface area contributed by atoms with E-state index in [0.717, 1.165) is 6.07 Å². The first kappa shape index (κ1) is 59.9. The Bertz CT molecular complexity index is 3340. The minimum atomic E-state index is -2.52. The number of nitrogens with zero attached hydrogens (tertiary/aromatic N) is 1. The number of carbonyl (C=O) groups excluding carboxylic acids is 5. The summed E-state index contributed by atoms with van der Waals surface area (Å²) in [5.74, 6) is -18.0. The number of esters is 2. The highest BCUT2D eigenvalue weighted by molar-refractivity contribution is 5.88. The van der Waals surface area contributed by atoms with E-state index in [1.54, 1.807) is 121 Å². The normalized spacial score (nSPS) is 12.4. The summed E-state index contributed by atoms with van der Waals surface area (Å²) in [6.45, 7) is -1.13. The molecule has 82 heavy (non-hydrogen) atoms. The number of hydrogen-bond donors (Lipinski definition) is 5. The molecule has 0 heterocycles. The van der Waals surface area contributed by atoms with E-state index < -0.39 is 119 Å². The molecule has 7 aromatic carbocycles. The minimum absolute atomic E-state index is 0.0346. The van der Waals surface area contributed by atoms with Crippen molar-refractivity contribution in [2.24, 2.45) is 5.73 Å². The van der Waals surface area contributed by atoms with E-state index in [4.69, 9.17) is 29.4 Å². The quantitative estimate of drug-likeness (QED) is 0.00524. The summed E-state index contributed by atoms with van der Waals surface area (Å²) in [6, 6.07) is 37.1. The van der Waals surface area contributed by atoms with Crippen molar-refractivity contribution in [3.05, 3.63) is 230 Å². The monoisotopic (exact) mass is 1130 g/mol. The van der Waals surface area contributed by atoms with Crippen molar-refractivity contribution in [1.82, 2.24) is 16.0 Å². The molecule has 426 valence electrons. The molecule has 0 saturated heterocycles. The Kier molecular flexibility index (Phi) is 21.1. The van der Waals surface area contributed by atoms with Gasteiger partial charge in [0.05, 0.1) is 17.1 Å². The van der Waals surface area contributed by atoms with Gasteiger partial charge in [-0.3, -0.25) is 14.9 Å². The number of aliphatic hydroxyl groups is 1. The average Bonchev–Trinajstić information content (AvgIpc) is 3.62. The van der Waals surface area contributed by atoms with Gasteiger partial charge < -0.3 is 50.5 Å². The van der Waals surface area contributed by atoms with Crippen molar-refractivity contribution in [2.75, 3.05) is 6.54 Å². The third kappa shape index (κ3) is 16.9. The van der Waals surface area contributed by atoms with E-state index in [-0.39, 0.29) is 61.0 Å². The van der Waals surface area contributed by atoms with Gasteiger partial charge in [-0.25, -0.2) is 32.3 Å². The summed E-state index contributed by atoms with van der Waals surface area (Å²) in [7, 11) is 0. The third-order valence-corrected chi connectivity index (χ3v) is 12.3. The predicted octanol–water partition coefficient (Wildman–Crippen LogP) is 8.75. The summed E-state index contributed by atoms with van der Waals surface area (Å²) in [6.07, 6.45) is -5.22. The summed E-state index contributed by atoms with van der Waals surface area (Å²) in [5, 5.41) is 30.4. The molecule has 0 bridgehead atoms. The Morgan fingerprint density at radius 2 is 1.00 bits per heavy atom. The highest BCUT2D eigenvalue weighted by atomic mass is 19.2. The summed E-state index contributed by atoms with van der Waals surface area (Å²) in [4.78, 5) is 79.1. The number of rotatable bonds is 25. The number of alkyl carbamates (subject to hydrolysis) is 2. The zero-order chi connectivity index (χ0) is 58.7. The second kappa shape index (κ2) is 28.9. The molecule has 0 saturated carbocycles. The topological polar surface area (TPSA) is 257 Å².